The van der Waals surface area contributed by atoms with E-state index in [1.807, 2.05) is 0 Å². The first-order valence-corrected chi connectivity index (χ1v) is 9.84. The molecule has 21 heavy (non-hydrogen) atoms. The number of rotatable bonds is 8. The van der Waals surface area contributed by atoms with Gasteiger partial charge in [0.05, 0.1) is 0 Å². The van der Waals surface area contributed by atoms with Crippen LogP contribution in [-0.4, -0.2) is 39.8 Å². The van der Waals surface area contributed by atoms with Gasteiger partial charge in [-0.05, 0) is 0 Å². The number of methoxy groups -OCH3 is 2. The van der Waals surface area contributed by atoms with E-state index in [-0.39, 0.29) is 0 Å². The van der Waals surface area contributed by atoms with E-state index >= 15 is 0 Å². The number of hydrogen-bond donors (Lipinski definition) is 0. The summed E-state index contributed by atoms with van der Waals surface area (Å²) in [5.74, 6) is 0. The Labute approximate surface area is 128 Å². The molecule has 114 valence electrons. The van der Waals surface area contributed by atoms with E-state index in [9.17, 15) is 0 Å². The van der Waals surface area contributed by atoms with Crippen molar-refractivity contribution in [2.75, 3.05) is 39.8 Å². The molecule has 0 saturated carbocycles. The minimum atomic E-state index is -1.84. The number of benzene rings is 2. The van der Waals surface area contributed by atoms with E-state index in [2.05, 4.69) is 60.7 Å². The number of ether oxygens (including phenoxy) is 2. The fraction of sp³-hybridized carbons (Fsp3) is 0.333. The Hall–Kier alpha value is -1.21. The number of hydrogen-bond acceptors (Lipinski definition) is 2. The van der Waals surface area contributed by atoms with Gasteiger partial charge >= 0.3 is 128 Å². The average Bonchev–Trinajstić information content (AvgIpc) is 2.57. The summed E-state index contributed by atoms with van der Waals surface area (Å²) in [4.78, 5) is 0. The molecule has 0 N–H and O–H groups in total. The molecular formula is C18H25O2P. The van der Waals surface area contributed by atoms with Crippen molar-refractivity contribution in [3.05, 3.63) is 60.7 Å². The van der Waals surface area contributed by atoms with Crippen molar-refractivity contribution >= 4 is 17.9 Å². The first-order chi connectivity index (χ1) is 10.3. The first kappa shape index (κ1) is 16.2. The maximum atomic E-state index is 5.41. The zero-order valence-electron chi connectivity index (χ0n) is 12.9. The van der Waals surface area contributed by atoms with Gasteiger partial charge in [-0.1, -0.05) is 0 Å². The van der Waals surface area contributed by atoms with Crippen LogP contribution in [0.5, 0.6) is 0 Å². The van der Waals surface area contributed by atoms with Crippen LogP contribution >= 0.6 is 7.26 Å². The molecule has 0 radical (unpaired) electrons. The van der Waals surface area contributed by atoms with E-state index in [0.29, 0.717) is 0 Å². The van der Waals surface area contributed by atoms with Crippen LogP contribution in [0.2, 0.25) is 0 Å². The molecule has 0 saturated heterocycles. The maximum absolute atomic E-state index is 5.41. The molecule has 2 rings (SSSR count). The summed E-state index contributed by atoms with van der Waals surface area (Å²) in [5.41, 5.74) is 0. The van der Waals surface area contributed by atoms with Crippen LogP contribution in [0.3, 0.4) is 0 Å². The van der Waals surface area contributed by atoms with Crippen molar-refractivity contribution in [2.24, 2.45) is 0 Å². The quantitative estimate of drug-likeness (QED) is 0.698. The van der Waals surface area contributed by atoms with Crippen LogP contribution in [0.15, 0.2) is 60.7 Å². The van der Waals surface area contributed by atoms with Crippen LogP contribution in [0, 0.1) is 0 Å². The molecule has 3 heteroatoms. The Bertz CT molecular complexity index is 464. The molecule has 0 aromatic heterocycles. The van der Waals surface area contributed by atoms with Gasteiger partial charge < -0.3 is 0 Å². The molecule has 0 bridgehead atoms. The SMILES string of the molecule is COCC[PH](CCOC)(c1ccccc1)c1ccccc1. The fourth-order valence-corrected chi connectivity index (χ4v) is 7.44. The summed E-state index contributed by atoms with van der Waals surface area (Å²) in [6.45, 7) is 1.58. The third-order valence-electron chi connectivity index (χ3n) is 4.12. The third-order valence-corrected chi connectivity index (χ3v) is 9.11. The molecule has 2 nitrogen and oxygen atoms in total. The van der Waals surface area contributed by atoms with Crippen LogP contribution in [0.1, 0.15) is 0 Å². The summed E-state index contributed by atoms with van der Waals surface area (Å²) >= 11 is 0. The van der Waals surface area contributed by atoms with Crippen molar-refractivity contribution in [3.63, 3.8) is 0 Å². The van der Waals surface area contributed by atoms with Gasteiger partial charge in [-0.3, -0.25) is 0 Å². The van der Waals surface area contributed by atoms with Gasteiger partial charge in [-0.25, -0.2) is 0 Å². The Morgan fingerprint density at radius 2 is 1.05 bits per heavy atom. The molecule has 0 heterocycles. The molecule has 0 aliphatic rings. The molecule has 0 aliphatic carbocycles. The average molecular weight is 304 g/mol. The molecule has 0 aliphatic heterocycles. The second kappa shape index (κ2) is 8.29. The third kappa shape index (κ3) is 3.91. The molecule has 2 aromatic rings. The zero-order chi connectivity index (χ0) is 15.0. The van der Waals surface area contributed by atoms with E-state index in [4.69, 9.17) is 9.47 Å². The molecule has 2 aromatic carbocycles. The first-order valence-electron chi connectivity index (χ1n) is 7.42. The fourth-order valence-electron chi connectivity index (χ4n) is 2.94. The standard InChI is InChI=1S/C18H25O2P/c1-19-13-15-21(16-14-20-2,17-9-5-3-6-10-17)18-11-7-4-8-12-18/h3-12,21H,13-16H2,1-2H3. The predicted octanol–water partition coefficient (Wildman–Crippen LogP) is 2.68. The van der Waals surface area contributed by atoms with Crippen molar-refractivity contribution in [1.82, 2.24) is 0 Å². The van der Waals surface area contributed by atoms with Gasteiger partial charge in [0, 0.05) is 0 Å². The Morgan fingerprint density at radius 1 is 0.667 bits per heavy atom. The molecule has 0 unspecified atom stereocenters. The second-order valence-electron chi connectivity index (χ2n) is 5.30. The minimum absolute atomic E-state index is 0.791. The molecular weight excluding hydrogens is 279 g/mol. The summed E-state index contributed by atoms with van der Waals surface area (Å²) < 4.78 is 10.8. The van der Waals surface area contributed by atoms with Gasteiger partial charge in [-0.2, -0.15) is 0 Å². The van der Waals surface area contributed by atoms with Crippen molar-refractivity contribution in [1.29, 1.82) is 0 Å². The van der Waals surface area contributed by atoms with Gasteiger partial charge in [0.1, 0.15) is 0 Å². The van der Waals surface area contributed by atoms with Gasteiger partial charge in [0.15, 0.2) is 0 Å². The molecule has 0 fully saturated rings. The Kier molecular flexibility index (Phi) is 6.38. The summed E-state index contributed by atoms with van der Waals surface area (Å²) in [6, 6.07) is 21.8. The Balaban J connectivity index is 2.48. The van der Waals surface area contributed by atoms with E-state index < -0.39 is 7.26 Å². The Morgan fingerprint density at radius 3 is 1.38 bits per heavy atom. The zero-order valence-corrected chi connectivity index (χ0v) is 13.9. The van der Waals surface area contributed by atoms with Gasteiger partial charge in [-0.15, -0.1) is 0 Å². The van der Waals surface area contributed by atoms with Crippen LogP contribution < -0.4 is 10.6 Å². The monoisotopic (exact) mass is 304 g/mol. The van der Waals surface area contributed by atoms with Crippen molar-refractivity contribution in [2.45, 2.75) is 0 Å². The summed E-state index contributed by atoms with van der Waals surface area (Å²) in [6.07, 6.45) is 2.17. The van der Waals surface area contributed by atoms with E-state index in [1.54, 1.807) is 14.2 Å². The van der Waals surface area contributed by atoms with Crippen molar-refractivity contribution < 1.29 is 9.47 Å². The normalized spacial score (nSPS) is 12.3. The van der Waals surface area contributed by atoms with E-state index in [1.165, 1.54) is 10.6 Å². The van der Waals surface area contributed by atoms with Crippen molar-refractivity contribution in [3.8, 4) is 0 Å². The summed E-state index contributed by atoms with van der Waals surface area (Å²) in [7, 11) is 1.73. The second-order valence-corrected chi connectivity index (χ2v) is 9.62. The van der Waals surface area contributed by atoms with Gasteiger partial charge in [0.2, 0.25) is 0 Å². The predicted molar refractivity (Wildman–Crippen MR) is 94.0 cm³/mol. The summed E-state index contributed by atoms with van der Waals surface area (Å²) in [5, 5.41) is 2.93. The van der Waals surface area contributed by atoms with Crippen LogP contribution in [-0.2, 0) is 9.47 Å². The molecule has 0 atom stereocenters. The van der Waals surface area contributed by atoms with Gasteiger partial charge in [0.25, 0.3) is 0 Å². The van der Waals surface area contributed by atoms with Crippen LogP contribution in [0.25, 0.3) is 0 Å². The molecule has 0 spiro atoms. The topological polar surface area (TPSA) is 18.5 Å². The van der Waals surface area contributed by atoms with Crippen LogP contribution in [0.4, 0.5) is 0 Å². The van der Waals surface area contributed by atoms with E-state index in [0.717, 1.165) is 25.5 Å². The molecule has 0 amide bonds.